The van der Waals surface area contributed by atoms with Gasteiger partial charge in [-0.25, -0.2) is 0 Å². The van der Waals surface area contributed by atoms with Gasteiger partial charge in [0.05, 0.1) is 0 Å². The molecule has 0 aromatic rings. The molecule has 0 amide bonds. The highest BCUT2D eigenvalue weighted by Gasteiger charge is 2.16. The molecule has 0 unspecified atom stereocenters. The molecule has 100 valence electrons. The summed E-state index contributed by atoms with van der Waals surface area (Å²) in [5.74, 6) is -0.287. The Morgan fingerprint density at radius 2 is 1.88 bits per heavy atom. The molecule has 0 aromatic heterocycles. The molecule has 0 aromatic carbocycles. The highest BCUT2D eigenvalue weighted by Crippen LogP contribution is 2.22. The third-order valence-electron chi connectivity index (χ3n) is 2.23. The third-order valence-corrected chi connectivity index (χ3v) is 2.23. The maximum absolute atomic E-state index is 11.4. The van der Waals surface area contributed by atoms with E-state index in [0.29, 0.717) is 6.54 Å². The van der Waals surface area contributed by atoms with E-state index < -0.39 is 5.60 Å². The van der Waals surface area contributed by atoms with E-state index in [0.717, 1.165) is 12.8 Å². The molecule has 0 bridgehead atoms. The van der Waals surface area contributed by atoms with Crippen molar-refractivity contribution in [2.75, 3.05) is 13.1 Å². The topological polar surface area (TPSA) is 64.7 Å². The fourth-order valence-electron chi connectivity index (χ4n) is 1.32. The van der Waals surface area contributed by atoms with Gasteiger partial charge in [-0.2, -0.15) is 0 Å². The Labute approximate surface area is 105 Å². The molecular formula is C13H26N2O2. The summed E-state index contributed by atoms with van der Waals surface area (Å²) in [6.45, 7) is 10.6. The number of carbonyl (C=O) groups excluding carboxylic acids is 1. The summed E-state index contributed by atoms with van der Waals surface area (Å²) in [6.07, 6.45) is 3.57. The summed E-state index contributed by atoms with van der Waals surface area (Å²) < 4.78 is 5.14. The van der Waals surface area contributed by atoms with Gasteiger partial charge in [0.2, 0.25) is 0 Å². The maximum Gasteiger partial charge on any atom is 0.328 e. The predicted octanol–water partition coefficient (Wildman–Crippen LogP) is 2.16. The van der Waals surface area contributed by atoms with Crippen LogP contribution in [0.25, 0.3) is 0 Å². The van der Waals surface area contributed by atoms with Crippen LogP contribution in [0.3, 0.4) is 0 Å². The lowest BCUT2D eigenvalue weighted by Gasteiger charge is -2.21. The molecule has 17 heavy (non-hydrogen) atoms. The van der Waals surface area contributed by atoms with Gasteiger partial charge in [-0.05, 0) is 51.8 Å². The van der Waals surface area contributed by atoms with E-state index in [-0.39, 0.29) is 17.9 Å². The molecule has 4 nitrogen and oxygen atoms in total. The normalized spacial score (nSPS) is 13.1. The van der Waals surface area contributed by atoms with Crippen molar-refractivity contribution in [3.8, 4) is 0 Å². The van der Waals surface area contributed by atoms with Crippen molar-refractivity contribution in [3.05, 3.63) is 0 Å². The SMILES string of the molecule is CC(C)(CC=NCC(=O)OC(C)(C)C)CCN. The van der Waals surface area contributed by atoms with Gasteiger partial charge in [0.15, 0.2) is 0 Å². The molecule has 0 aliphatic carbocycles. The van der Waals surface area contributed by atoms with Crippen LogP contribution in [0.2, 0.25) is 0 Å². The van der Waals surface area contributed by atoms with Gasteiger partial charge in [0, 0.05) is 0 Å². The average Bonchev–Trinajstić information content (AvgIpc) is 2.09. The van der Waals surface area contributed by atoms with Crippen molar-refractivity contribution in [3.63, 3.8) is 0 Å². The number of hydrogen-bond donors (Lipinski definition) is 1. The highest BCUT2D eigenvalue weighted by atomic mass is 16.6. The zero-order valence-corrected chi connectivity index (χ0v) is 11.7. The second kappa shape index (κ2) is 6.74. The minimum Gasteiger partial charge on any atom is -0.459 e. The van der Waals surface area contributed by atoms with Crippen molar-refractivity contribution >= 4 is 12.2 Å². The minimum absolute atomic E-state index is 0.0932. The Morgan fingerprint density at radius 1 is 1.29 bits per heavy atom. The number of nitrogens with zero attached hydrogens (tertiary/aromatic N) is 1. The Hall–Kier alpha value is -0.900. The molecule has 0 rings (SSSR count). The summed E-state index contributed by atoms with van der Waals surface area (Å²) in [7, 11) is 0. The fraction of sp³-hybridized carbons (Fsp3) is 0.846. The maximum atomic E-state index is 11.4. The number of ether oxygens (including phenoxy) is 1. The first-order chi connectivity index (χ1) is 7.66. The molecule has 0 aliphatic heterocycles. The first-order valence-corrected chi connectivity index (χ1v) is 6.06. The summed E-state index contributed by atoms with van der Waals surface area (Å²) in [6, 6.07) is 0. The molecule has 0 atom stereocenters. The Balaban J connectivity index is 3.92. The number of aliphatic imine (C=N–C) groups is 1. The van der Waals surface area contributed by atoms with Gasteiger partial charge < -0.3 is 10.5 Å². The quantitative estimate of drug-likeness (QED) is 0.573. The number of carbonyl (C=O) groups is 1. The van der Waals surface area contributed by atoms with Crippen LogP contribution < -0.4 is 5.73 Å². The van der Waals surface area contributed by atoms with Crippen LogP contribution in [0, 0.1) is 5.41 Å². The Bertz CT molecular complexity index is 265. The zero-order valence-electron chi connectivity index (χ0n) is 11.7. The number of rotatable bonds is 6. The molecule has 0 spiro atoms. The summed E-state index contributed by atoms with van der Waals surface area (Å²) in [5, 5.41) is 0. The molecule has 0 aliphatic rings. The lowest BCUT2D eigenvalue weighted by atomic mass is 9.86. The van der Waals surface area contributed by atoms with E-state index in [1.165, 1.54) is 0 Å². The molecule has 2 N–H and O–H groups in total. The summed E-state index contributed by atoms with van der Waals surface area (Å²) in [5.41, 5.74) is 5.22. The van der Waals surface area contributed by atoms with E-state index in [2.05, 4.69) is 18.8 Å². The Kier molecular flexibility index (Phi) is 6.39. The fourth-order valence-corrected chi connectivity index (χ4v) is 1.32. The first-order valence-electron chi connectivity index (χ1n) is 6.06. The van der Waals surface area contributed by atoms with E-state index >= 15 is 0 Å². The molecular weight excluding hydrogens is 216 g/mol. The average molecular weight is 242 g/mol. The van der Waals surface area contributed by atoms with Gasteiger partial charge in [0.1, 0.15) is 12.1 Å². The zero-order chi connectivity index (χ0) is 13.5. The second-order valence-electron chi connectivity index (χ2n) is 6.02. The summed E-state index contributed by atoms with van der Waals surface area (Å²) in [4.78, 5) is 15.4. The van der Waals surface area contributed by atoms with Gasteiger partial charge in [-0.3, -0.25) is 9.79 Å². The lowest BCUT2D eigenvalue weighted by molar-refractivity contribution is -0.152. The lowest BCUT2D eigenvalue weighted by Crippen LogP contribution is -2.25. The molecule has 4 heteroatoms. The van der Waals surface area contributed by atoms with Gasteiger partial charge >= 0.3 is 5.97 Å². The van der Waals surface area contributed by atoms with Crippen LogP contribution in [-0.2, 0) is 9.53 Å². The van der Waals surface area contributed by atoms with E-state index in [1.54, 1.807) is 6.21 Å². The van der Waals surface area contributed by atoms with Crippen LogP contribution >= 0.6 is 0 Å². The molecule has 0 heterocycles. The number of esters is 1. The Morgan fingerprint density at radius 3 is 2.35 bits per heavy atom. The summed E-state index contributed by atoms with van der Waals surface area (Å²) >= 11 is 0. The van der Waals surface area contributed by atoms with Crippen molar-refractivity contribution in [2.24, 2.45) is 16.1 Å². The van der Waals surface area contributed by atoms with E-state index in [4.69, 9.17) is 10.5 Å². The van der Waals surface area contributed by atoms with Crippen LogP contribution in [0.1, 0.15) is 47.5 Å². The predicted molar refractivity (Wildman–Crippen MR) is 71.3 cm³/mol. The van der Waals surface area contributed by atoms with Gasteiger partial charge in [-0.15, -0.1) is 0 Å². The van der Waals surface area contributed by atoms with Gasteiger partial charge in [0.25, 0.3) is 0 Å². The monoisotopic (exact) mass is 242 g/mol. The largest absolute Gasteiger partial charge is 0.459 e. The van der Waals surface area contributed by atoms with Crippen LogP contribution in [0.15, 0.2) is 4.99 Å². The molecule has 0 saturated carbocycles. The van der Waals surface area contributed by atoms with Crippen molar-refractivity contribution in [1.29, 1.82) is 0 Å². The van der Waals surface area contributed by atoms with Crippen molar-refractivity contribution in [1.82, 2.24) is 0 Å². The van der Waals surface area contributed by atoms with E-state index in [9.17, 15) is 4.79 Å². The van der Waals surface area contributed by atoms with Crippen LogP contribution in [0.5, 0.6) is 0 Å². The van der Waals surface area contributed by atoms with E-state index in [1.807, 2.05) is 20.8 Å². The van der Waals surface area contributed by atoms with Gasteiger partial charge in [-0.1, -0.05) is 13.8 Å². The third kappa shape index (κ3) is 10.00. The first kappa shape index (κ1) is 16.1. The standard InChI is InChI=1S/C13H26N2O2/c1-12(2,3)17-11(16)10-15-9-7-13(4,5)6-8-14/h9H,6-8,10,14H2,1-5H3. The smallest absolute Gasteiger partial charge is 0.328 e. The second-order valence-corrected chi connectivity index (χ2v) is 6.02. The molecule has 0 saturated heterocycles. The van der Waals surface area contributed by atoms with Crippen LogP contribution in [0.4, 0.5) is 0 Å². The molecule has 0 radical (unpaired) electrons. The number of nitrogens with two attached hydrogens (primary N) is 1. The minimum atomic E-state index is -0.439. The molecule has 0 fully saturated rings. The van der Waals surface area contributed by atoms with Crippen LogP contribution in [-0.4, -0.2) is 30.9 Å². The highest BCUT2D eigenvalue weighted by molar-refractivity contribution is 5.74. The number of hydrogen-bond acceptors (Lipinski definition) is 4. The van der Waals surface area contributed by atoms with Crippen molar-refractivity contribution < 1.29 is 9.53 Å². The van der Waals surface area contributed by atoms with Crippen molar-refractivity contribution in [2.45, 2.75) is 53.1 Å².